The van der Waals surface area contributed by atoms with E-state index >= 15 is 0 Å². The van der Waals surface area contributed by atoms with E-state index in [9.17, 15) is 4.79 Å². The first-order chi connectivity index (χ1) is 10.4. The maximum absolute atomic E-state index is 12.5. The van der Waals surface area contributed by atoms with Crippen molar-refractivity contribution < 1.29 is 35.3 Å². The molecule has 128 valence electrons. The summed E-state index contributed by atoms with van der Waals surface area (Å²) in [6.45, 7) is 3.55. The number of carbonyl (C=O) groups excluding carboxylic acids is 1. The Balaban J connectivity index is 1.95. The van der Waals surface area contributed by atoms with Crippen LogP contribution in [-0.4, -0.2) is 67.7 Å². The summed E-state index contributed by atoms with van der Waals surface area (Å²) >= 11 is 0. The van der Waals surface area contributed by atoms with Crippen LogP contribution in [-0.2, 0) is 14.5 Å². The topological polar surface area (TPSA) is 126 Å². The highest BCUT2D eigenvalue weighted by atomic mass is 17.1. The number of amides is 1. The second kappa shape index (κ2) is 7.62. The minimum absolute atomic E-state index is 0.0449. The van der Waals surface area contributed by atoms with Crippen LogP contribution < -0.4 is 0 Å². The summed E-state index contributed by atoms with van der Waals surface area (Å²) in [6.07, 6.45) is 0.548. The predicted octanol–water partition coefficient (Wildman–Crippen LogP) is 0.416. The molecule has 1 amide bonds. The number of likely N-dealkylation sites (tertiary alicyclic amines) is 1. The number of carbonyl (C=O) groups is 1. The van der Waals surface area contributed by atoms with Crippen LogP contribution in [0.15, 0.2) is 0 Å². The molecule has 2 fully saturated rings. The van der Waals surface area contributed by atoms with Crippen LogP contribution in [0.25, 0.3) is 0 Å². The van der Waals surface area contributed by atoms with Gasteiger partial charge in [0.25, 0.3) is 0 Å². The maximum Gasteiger partial charge on any atom is 0.225 e. The summed E-state index contributed by atoms with van der Waals surface area (Å²) in [4.78, 5) is 23.7. The highest BCUT2D eigenvalue weighted by Crippen LogP contribution is 2.33. The fraction of sp³-hybridized carbons (Fsp3) is 0.917. The molecule has 2 rings (SSSR count). The van der Waals surface area contributed by atoms with Gasteiger partial charge in [0, 0.05) is 19.0 Å². The van der Waals surface area contributed by atoms with Crippen LogP contribution in [0.1, 0.15) is 32.6 Å². The van der Waals surface area contributed by atoms with Gasteiger partial charge in [0.05, 0.1) is 10.8 Å². The summed E-state index contributed by atoms with van der Waals surface area (Å²) in [7, 11) is 0. The van der Waals surface area contributed by atoms with Gasteiger partial charge in [-0.25, -0.2) is 9.68 Å². The van der Waals surface area contributed by atoms with Crippen molar-refractivity contribution in [3.05, 3.63) is 0 Å². The van der Waals surface area contributed by atoms with Gasteiger partial charge in [0.1, 0.15) is 12.2 Å². The molecular formula is C12H23N3O7. The van der Waals surface area contributed by atoms with Gasteiger partial charge in [-0.1, -0.05) is 6.92 Å². The van der Waals surface area contributed by atoms with Gasteiger partial charge in [0.2, 0.25) is 5.91 Å². The van der Waals surface area contributed by atoms with Crippen LogP contribution >= 0.6 is 0 Å². The number of rotatable bonds is 5. The molecule has 0 spiro atoms. The largest absolute Gasteiger partial charge is 0.342 e. The molecule has 4 N–H and O–H groups in total. The first kappa shape index (κ1) is 17.5. The first-order valence-electron chi connectivity index (χ1n) is 7.35. The summed E-state index contributed by atoms with van der Waals surface area (Å²) in [6, 6.07) is 0. The van der Waals surface area contributed by atoms with E-state index in [2.05, 4.69) is 6.92 Å². The Morgan fingerprint density at radius 2 is 1.45 bits per heavy atom. The van der Waals surface area contributed by atoms with Crippen molar-refractivity contribution in [3.8, 4) is 0 Å². The third-order valence-electron chi connectivity index (χ3n) is 4.35. The van der Waals surface area contributed by atoms with Crippen LogP contribution in [0.5, 0.6) is 0 Å². The Kier molecular flexibility index (Phi) is 6.06. The molecule has 10 nitrogen and oxygen atoms in total. The second-order valence-corrected chi connectivity index (χ2v) is 5.97. The van der Waals surface area contributed by atoms with E-state index in [-0.39, 0.29) is 18.7 Å². The zero-order chi connectivity index (χ0) is 16.3. The normalized spacial score (nSPS) is 30.5. The van der Waals surface area contributed by atoms with Gasteiger partial charge >= 0.3 is 0 Å². The average Bonchev–Trinajstić information content (AvgIpc) is 2.80. The third-order valence-corrected chi connectivity index (χ3v) is 4.35. The quantitative estimate of drug-likeness (QED) is 0.533. The molecule has 10 heteroatoms. The molecule has 0 aromatic rings. The fourth-order valence-corrected chi connectivity index (χ4v) is 3.11. The summed E-state index contributed by atoms with van der Waals surface area (Å²) in [5.74, 6) is 0.134. The lowest BCUT2D eigenvalue weighted by Gasteiger charge is -2.32. The van der Waals surface area contributed by atoms with Gasteiger partial charge in [0.15, 0.2) is 0 Å². The number of hydrogen-bond donors (Lipinski definition) is 4. The van der Waals surface area contributed by atoms with Crippen molar-refractivity contribution >= 4 is 5.91 Å². The molecule has 0 radical (unpaired) electrons. The molecule has 0 bridgehead atoms. The molecule has 1 heterocycles. The SMILES string of the molecule is CC1CCN(C(=O)[C@@H]2C[C@H](ON(O)O)[C@H](ON(O)O)C2)CC1. The Bertz CT molecular complexity index is 356. The fourth-order valence-electron chi connectivity index (χ4n) is 3.11. The van der Waals surface area contributed by atoms with Gasteiger partial charge in [-0.15, -0.1) is 0 Å². The number of piperidine rings is 1. The van der Waals surface area contributed by atoms with E-state index in [1.165, 1.54) is 0 Å². The van der Waals surface area contributed by atoms with E-state index in [1.807, 2.05) is 0 Å². The van der Waals surface area contributed by atoms with E-state index in [0.717, 1.165) is 12.8 Å². The van der Waals surface area contributed by atoms with Crippen molar-refractivity contribution in [2.45, 2.75) is 44.8 Å². The number of hydrogen-bond acceptors (Lipinski definition) is 9. The van der Waals surface area contributed by atoms with Gasteiger partial charge in [-0.2, -0.15) is 0 Å². The molecule has 0 aromatic heterocycles. The van der Waals surface area contributed by atoms with Crippen molar-refractivity contribution in [1.29, 1.82) is 0 Å². The lowest BCUT2D eigenvalue weighted by Crippen LogP contribution is -2.41. The number of nitrogens with zero attached hydrogens (tertiary/aromatic N) is 3. The van der Waals surface area contributed by atoms with Crippen LogP contribution in [0.3, 0.4) is 0 Å². The molecule has 1 aliphatic carbocycles. The molecule has 2 aliphatic rings. The van der Waals surface area contributed by atoms with Crippen molar-refractivity contribution in [2.75, 3.05) is 13.1 Å². The molecule has 1 aliphatic heterocycles. The Morgan fingerprint density at radius 1 is 1.00 bits per heavy atom. The van der Waals surface area contributed by atoms with E-state index in [4.69, 9.17) is 30.5 Å². The van der Waals surface area contributed by atoms with Crippen LogP contribution in [0.2, 0.25) is 0 Å². The summed E-state index contributed by atoms with van der Waals surface area (Å²) in [5, 5.41) is 34.1. The predicted molar refractivity (Wildman–Crippen MR) is 68.3 cm³/mol. The summed E-state index contributed by atoms with van der Waals surface area (Å²) < 4.78 is 0. The molecule has 0 unspecified atom stereocenters. The highest BCUT2D eigenvalue weighted by molar-refractivity contribution is 5.79. The first-order valence-corrected chi connectivity index (χ1v) is 7.35. The summed E-state index contributed by atoms with van der Waals surface area (Å²) in [5.41, 5.74) is 0. The third kappa shape index (κ3) is 4.57. The smallest absolute Gasteiger partial charge is 0.225 e. The molecule has 3 atom stereocenters. The van der Waals surface area contributed by atoms with Crippen molar-refractivity contribution in [2.24, 2.45) is 11.8 Å². The van der Waals surface area contributed by atoms with Crippen LogP contribution in [0.4, 0.5) is 0 Å². The molecule has 1 saturated carbocycles. The van der Waals surface area contributed by atoms with Crippen molar-refractivity contribution in [1.82, 2.24) is 15.7 Å². The van der Waals surface area contributed by atoms with Gasteiger partial charge in [-0.05, 0) is 31.6 Å². The minimum Gasteiger partial charge on any atom is -0.342 e. The minimum atomic E-state index is -0.880. The maximum atomic E-state index is 12.5. The lowest BCUT2D eigenvalue weighted by atomic mass is 9.97. The Labute approximate surface area is 127 Å². The van der Waals surface area contributed by atoms with Crippen LogP contribution in [0, 0.1) is 11.8 Å². The standard InChI is InChI=1S/C12H23N3O7/c1-8-2-4-13(5-3-8)12(16)9-6-10(21-14(17)18)11(7-9)22-15(19)20/h8-11,17-20H,2-7H2,1H3/t9-,10+,11-. The lowest BCUT2D eigenvalue weighted by molar-refractivity contribution is -0.535. The van der Waals surface area contributed by atoms with Gasteiger partial charge in [-0.3, -0.25) is 25.6 Å². The van der Waals surface area contributed by atoms with Crippen molar-refractivity contribution in [3.63, 3.8) is 0 Å². The second-order valence-electron chi connectivity index (χ2n) is 5.97. The van der Waals surface area contributed by atoms with E-state index in [0.29, 0.717) is 19.0 Å². The molecule has 1 saturated heterocycles. The molecular weight excluding hydrogens is 298 g/mol. The molecule has 0 aromatic carbocycles. The van der Waals surface area contributed by atoms with E-state index in [1.54, 1.807) is 4.90 Å². The average molecular weight is 321 g/mol. The highest BCUT2D eigenvalue weighted by Gasteiger charge is 2.43. The zero-order valence-corrected chi connectivity index (χ0v) is 12.4. The van der Waals surface area contributed by atoms with E-state index < -0.39 is 28.9 Å². The van der Waals surface area contributed by atoms with Gasteiger partial charge < -0.3 is 4.90 Å². The Morgan fingerprint density at radius 3 is 1.86 bits per heavy atom. The molecule has 22 heavy (non-hydrogen) atoms. The monoisotopic (exact) mass is 321 g/mol. The zero-order valence-electron chi connectivity index (χ0n) is 12.4. The Hall–Kier alpha value is -0.850.